The molecule has 0 radical (unpaired) electrons. The number of amides is 1. The van der Waals surface area contributed by atoms with Crippen LogP contribution in [-0.2, 0) is 7.05 Å². The van der Waals surface area contributed by atoms with Crippen molar-refractivity contribution in [3.8, 4) is 0 Å². The fourth-order valence-corrected chi connectivity index (χ4v) is 4.45. The van der Waals surface area contributed by atoms with Gasteiger partial charge in [-0.15, -0.1) is 10.2 Å². The van der Waals surface area contributed by atoms with E-state index in [-0.39, 0.29) is 17.9 Å². The van der Waals surface area contributed by atoms with Crippen molar-refractivity contribution < 1.29 is 4.79 Å². The lowest BCUT2D eigenvalue weighted by molar-refractivity contribution is 0.0731. The molecular formula is C22H25N7O. The zero-order valence-electron chi connectivity index (χ0n) is 17.7. The third-order valence-corrected chi connectivity index (χ3v) is 5.96. The standard InChI is InChI=1S/C22H25N7O/c1-13(2)16-12-15(19-14(3)26-27(4)21(19)23-16)22(30)28-11-7-8-17(28)20-25-24-18-9-5-6-10-29(18)20/h5-6,9-10,12-13,17H,7-8,11H2,1-4H3/t17-/m0/s1. The van der Waals surface area contributed by atoms with Gasteiger partial charge in [0.25, 0.3) is 5.91 Å². The maximum absolute atomic E-state index is 13.8. The van der Waals surface area contributed by atoms with Crippen LogP contribution < -0.4 is 0 Å². The molecule has 8 nitrogen and oxygen atoms in total. The minimum Gasteiger partial charge on any atom is -0.328 e. The summed E-state index contributed by atoms with van der Waals surface area (Å²) < 4.78 is 3.74. The normalized spacial score (nSPS) is 17.0. The fraction of sp³-hybridized carbons (Fsp3) is 0.409. The second kappa shape index (κ2) is 6.90. The van der Waals surface area contributed by atoms with Crippen molar-refractivity contribution in [2.24, 2.45) is 7.05 Å². The quantitative estimate of drug-likeness (QED) is 0.524. The molecule has 1 amide bonds. The van der Waals surface area contributed by atoms with Crippen LogP contribution in [0.25, 0.3) is 16.7 Å². The Balaban J connectivity index is 1.62. The maximum Gasteiger partial charge on any atom is 0.255 e. The van der Waals surface area contributed by atoms with Crippen molar-refractivity contribution in [3.63, 3.8) is 0 Å². The average molecular weight is 403 g/mol. The predicted octanol–water partition coefficient (Wildman–Crippen LogP) is 3.42. The first-order chi connectivity index (χ1) is 14.5. The second-order valence-electron chi connectivity index (χ2n) is 8.30. The Kier molecular flexibility index (Phi) is 4.30. The molecule has 0 aliphatic carbocycles. The van der Waals surface area contributed by atoms with Gasteiger partial charge < -0.3 is 4.90 Å². The van der Waals surface area contributed by atoms with Crippen LogP contribution in [0, 0.1) is 6.92 Å². The largest absolute Gasteiger partial charge is 0.328 e. The second-order valence-corrected chi connectivity index (χ2v) is 8.30. The first kappa shape index (κ1) is 18.7. The Morgan fingerprint density at radius 2 is 2.07 bits per heavy atom. The van der Waals surface area contributed by atoms with Gasteiger partial charge in [0.1, 0.15) is 0 Å². The minimum absolute atomic E-state index is 0.00980. The van der Waals surface area contributed by atoms with Crippen LogP contribution in [0.3, 0.4) is 0 Å². The summed E-state index contributed by atoms with van der Waals surface area (Å²) in [6, 6.07) is 7.68. The van der Waals surface area contributed by atoms with Gasteiger partial charge in [-0.1, -0.05) is 19.9 Å². The van der Waals surface area contributed by atoms with E-state index in [1.54, 1.807) is 4.68 Å². The summed E-state index contributed by atoms with van der Waals surface area (Å²) in [7, 11) is 1.88. The van der Waals surface area contributed by atoms with Gasteiger partial charge in [-0.25, -0.2) is 4.98 Å². The monoisotopic (exact) mass is 403 g/mol. The van der Waals surface area contributed by atoms with Gasteiger partial charge in [-0.2, -0.15) is 5.10 Å². The summed E-state index contributed by atoms with van der Waals surface area (Å²) >= 11 is 0. The molecule has 0 unspecified atom stereocenters. The molecule has 0 saturated carbocycles. The molecule has 1 fully saturated rings. The highest BCUT2D eigenvalue weighted by Crippen LogP contribution is 2.34. The van der Waals surface area contributed by atoms with Gasteiger partial charge in [0.2, 0.25) is 0 Å². The molecule has 8 heteroatoms. The van der Waals surface area contributed by atoms with Gasteiger partial charge in [-0.05, 0) is 43.9 Å². The Hall–Kier alpha value is -3.29. The Morgan fingerprint density at radius 1 is 1.23 bits per heavy atom. The van der Waals surface area contributed by atoms with Crippen molar-refractivity contribution in [1.29, 1.82) is 0 Å². The number of hydrogen-bond acceptors (Lipinski definition) is 5. The van der Waals surface area contributed by atoms with Gasteiger partial charge in [-0.3, -0.25) is 13.9 Å². The molecule has 0 bridgehead atoms. The number of hydrogen-bond donors (Lipinski definition) is 0. The molecule has 30 heavy (non-hydrogen) atoms. The lowest BCUT2D eigenvalue weighted by Crippen LogP contribution is -2.32. The summed E-state index contributed by atoms with van der Waals surface area (Å²) in [5.41, 5.74) is 3.95. The molecule has 0 spiro atoms. The molecule has 0 N–H and O–H groups in total. The summed E-state index contributed by atoms with van der Waals surface area (Å²) in [5.74, 6) is 1.04. The van der Waals surface area contributed by atoms with Crippen molar-refractivity contribution in [2.45, 2.75) is 45.6 Å². The molecule has 1 saturated heterocycles. The van der Waals surface area contributed by atoms with Gasteiger partial charge in [0.05, 0.1) is 22.7 Å². The zero-order valence-corrected chi connectivity index (χ0v) is 17.7. The van der Waals surface area contributed by atoms with E-state index in [9.17, 15) is 4.79 Å². The number of pyridine rings is 2. The number of fused-ring (bicyclic) bond motifs is 2. The van der Waals surface area contributed by atoms with E-state index in [1.807, 2.05) is 53.7 Å². The summed E-state index contributed by atoms with van der Waals surface area (Å²) in [6.45, 7) is 6.81. The van der Waals surface area contributed by atoms with Crippen LogP contribution in [0.4, 0.5) is 0 Å². The summed E-state index contributed by atoms with van der Waals surface area (Å²) in [4.78, 5) is 20.6. The van der Waals surface area contributed by atoms with Crippen molar-refractivity contribution in [3.05, 3.63) is 53.2 Å². The van der Waals surface area contributed by atoms with Crippen LogP contribution in [0.15, 0.2) is 30.5 Å². The van der Waals surface area contributed by atoms with E-state index in [4.69, 9.17) is 4.98 Å². The molecule has 4 aromatic rings. The number of aromatic nitrogens is 6. The molecule has 154 valence electrons. The average Bonchev–Trinajstić information content (AvgIpc) is 3.44. The van der Waals surface area contributed by atoms with Crippen LogP contribution in [-0.4, -0.2) is 46.7 Å². The van der Waals surface area contributed by atoms with Gasteiger partial charge >= 0.3 is 0 Å². The highest BCUT2D eigenvalue weighted by atomic mass is 16.2. The van der Waals surface area contributed by atoms with E-state index >= 15 is 0 Å². The van der Waals surface area contributed by atoms with Crippen molar-refractivity contribution in [1.82, 2.24) is 34.3 Å². The predicted molar refractivity (Wildman–Crippen MR) is 113 cm³/mol. The number of carbonyl (C=O) groups excluding carboxylic acids is 1. The molecule has 0 aromatic carbocycles. The molecule has 1 aliphatic heterocycles. The van der Waals surface area contributed by atoms with Crippen molar-refractivity contribution >= 4 is 22.6 Å². The van der Waals surface area contributed by atoms with E-state index < -0.39 is 0 Å². The highest BCUT2D eigenvalue weighted by Gasteiger charge is 2.35. The first-order valence-electron chi connectivity index (χ1n) is 10.4. The number of rotatable bonds is 3. The van der Waals surface area contributed by atoms with Gasteiger partial charge in [0.15, 0.2) is 17.1 Å². The summed E-state index contributed by atoms with van der Waals surface area (Å²) in [5, 5.41) is 14.1. The maximum atomic E-state index is 13.8. The lowest BCUT2D eigenvalue weighted by atomic mass is 10.0. The Labute approximate surface area is 174 Å². The third kappa shape index (κ3) is 2.78. The fourth-order valence-electron chi connectivity index (χ4n) is 4.45. The van der Waals surface area contributed by atoms with E-state index in [0.717, 1.165) is 46.7 Å². The van der Waals surface area contributed by atoms with Crippen LogP contribution >= 0.6 is 0 Å². The Bertz CT molecular complexity index is 1270. The topological polar surface area (TPSA) is 81.2 Å². The first-order valence-corrected chi connectivity index (χ1v) is 10.4. The molecular weight excluding hydrogens is 378 g/mol. The van der Waals surface area contributed by atoms with Crippen LogP contribution in [0.1, 0.15) is 66.2 Å². The minimum atomic E-state index is -0.0995. The molecule has 1 atom stereocenters. The lowest BCUT2D eigenvalue weighted by Gasteiger charge is -2.24. The van der Waals surface area contributed by atoms with E-state index in [1.165, 1.54) is 0 Å². The number of nitrogens with zero attached hydrogens (tertiary/aromatic N) is 7. The summed E-state index contributed by atoms with van der Waals surface area (Å²) in [6.07, 6.45) is 3.77. The van der Waals surface area contributed by atoms with Gasteiger partial charge in [0, 0.05) is 25.5 Å². The molecule has 5 heterocycles. The Morgan fingerprint density at radius 3 is 2.87 bits per heavy atom. The van der Waals surface area contributed by atoms with Crippen LogP contribution in [0.5, 0.6) is 0 Å². The SMILES string of the molecule is Cc1nn(C)c2nc(C(C)C)cc(C(=O)N3CCC[C@H]3c3nnc4ccccn34)c12. The number of likely N-dealkylation sites (tertiary alicyclic amines) is 1. The van der Waals surface area contributed by atoms with E-state index in [0.29, 0.717) is 12.1 Å². The molecule has 4 aromatic heterocycles. The van der Waals surface area contributed by atoms with Crippen LogP contribution in [0.2, 0.25) is 0 Å². The highest BCUT2D eigenvalue weighted by molar-refractivity contribution is 6.06. The molecule has 5 rings (SSSR count). The zero-order chi connectivity index (χ0) is 21.0. The molecule has 1 aliphatic rings. The van der Waals surface area contributed by atoms with E-state index in [2.05, 4.69) is 29.1 Å². The van der Waals surface area contributed by atoms with Crippen molar-refractivity contribution in [2.75, 3.05) is 6.54 Å². The smallest absolute Gasteiger partial charge is 0.255 e. The number of aryl methyl sites for hydroxylation is 2. The third-order valence-electron chi connectivity index (χ3n) is 5.96. The number of carbonyl (C=O) groups is 1.